The largest absolute Gasteiger partial charge is 0.326 e. The Morgan fingerprint density at radius 3 is 2.24 bits per heavy atom. The van der Waals surface area contributed by atoms with E-state index >= 15 is 0 Å². The minimum Gasteiger partial charge on any atom is -0.326 e. The van der Waals surface area contributed by atoms with Crippen molar-refractivity contribution in [2.45, 2.75) is 71.9 Å². The van der Waals surface area contributed by atoms with Crippen LogP contribution in [-0.2, 0) is 0 Å². The van der Waals surface area contributed by atoms with Crippen molar-refractivity contribution in [2.24, 2.45) is 16.6 Å². The molecule has 0 amide bonds. The van der Waals surface area contributed by atoms with Gasteiger partial charge in [-0.25, -0.2) is 0 Å². The van der Waals surface area contributed by atoms with Crippen molar-refractivity contribution in [1.82, 2.24) is 4.90 Å². The van der Waals surface area contributed by atoms with Gasteiger partial charge in [0.1, 0.15) is 0 Å². The first-order valence-electron chi connectivity index (χ1n) is 7.44. The van der Waals surface area contributed by atoms with E-state index in [1.165, 1.54) is 45.2 Å². The molecule has 1 aliphatic carbocycles. The van der Waals surface area contributed by atoms with Crippen molar-refractivity contribution < 1.29 is 0 Å². The van der Waals surface area contributed by atoms with Gasteiger partial charge in [0.25, 0.3) is 0 Å². The minimum absolute atomic E-state index is 0.342. The van der Waals surface area contributed by atoms with Crippen LogP contribution in [0.15, 0.2) is 0 Å². The van der Waals surface area contributed by atoms with E-state index in [1.807, 2.05) is 0 Å². The van der Waals surface area contributed by atoms with Crippen molar-refractivity contribution in [1.29, 1.82) is 0 Å². The quantitative estimate of drug-likeness (QED) is 0.819. The molecule has 100 valence electrons. The maximum atomic E-state index is 6.47. The van der Waals surface area contributed by atoms with Gasteiger partial charge in [-0.1, -0.05) is 27.7 Å². The summed E-state index contributed by atoms with van der Waals surface area (Å²) in [5.41, 5.74) is 7.40. The van der Waals surface area contributed by atoms with Gasteiger partial charge in [-0.05, 0) is 49.5 Å². The second-order valence-electron chi connectivity index (χ2n) is 7.05. The first-order chi connectivity index (χ1) is 7.94. The standard InChI is InChI=1S/C15H30N2/c1-5-15(6-2)9-10-17(11-15)12-7-8-14(3,4)13(12)16/h12-13H,5-11,16H2,1-4H3. The molecule has 17 heavy (non-hydrogen) atoms. The topological polar surface area (TPSA) is 29.3 Å². The smallest absolute Gasteiger partial charge is 0.0252 e. The van der Waals surface area contributed by atoms with E-state index in [0.717, 1.165) is 0 Å². The molecule has 2 N–H and O–H groups in total. The highest BCUT2D eigenvalue weighted by molar-refractivity contribution is 5.02. The average Bonchev–Trinajstić information content (AvgIpc) is 2.84. The molecule has 2 unspecified atom stereocenters. The Kier molecular flexibility index (Phi) is 3.57. The SMILES string of the molecule is CCC1(CC)CCN(C2CCC(C)(C)C2N)C1. The van der Waals surface area contributed by atoms with Crippen LogP contribution in [0.2, 0.25) is 0 Å². The second kappa shape index (κ2) is 4.55. The zero-order valence-corrected chi connectivity index (χ0v) is 12.1. The van der Waals surface area contributed by atoms with Crippen LogP contribution in [0.3, 0.4) is 0 Å². The van der Waals surface area contributed by atoms with Crippen molar-refractivity contribution in [3.8, 4) is 0 Å². The summed E-state index contributed by atoms with van der Waals surface area (Å²) in [7, 11) is 0. The summed E-state index contributed by atoms with van der Waals surface area (Å²) in [4.78, 5) is 2.70. The summed E-state index contributed by atoms with van der Waals surface area (Å²) in [6, 6.07) is 1.01. The molecule has 2 fully saturated rings. The highest BCUT2D eigenvalue weighted by atomic mass is 15.2. The Morgan fingerprint density at radius 1 is 1.18 bits per heavy atom. The average molecular weight is 238 g/mol. The predicted molar refractivity (Wildman–Crippen MR) is 74.0 cm³/mol. The van der Waals surface area contributed by atoms with Gasteiger partial charge in [-0.15, -0.1) is 0 Å². The third kappa shape index (κ3) is 2.26. The van der Waals surface area contributed by atoms with Crippen LogP contribution in [0.25, 0.3) is 0 Å². The molecule has 0 aromatic heterocycles. The summed E-state index contributed by atoms with van der Waals surface area (Å²) in [5, 5.41) is 0. The van der Waals surface area contributed by atoms with Crippen molar-refractivity contribution >= 4 is 0 Å². The number of rotatable bonds is 3. The van der Waals surface area contributed by atoms with Crippen LogP contribution in [0.4, 0.5) is 0 Å². The van der Waals surface area contributed by atoms with Gasteiger partial charge >= 0.3 is 0 Å². The van der Waals surface area contributed by atoms with Crippen molar-refractivity contribution in [3.63, 3.8) is 0 Å². The van der Waals surface area contributed by atoms with Crippen LogP contribution in [0, 0.1) is 10.8 Å². The highest BCUT2D eigenvalue weighted by Gasteiger charge is 2.46. The van der Waals surface area contributed by atoms with E-state index in [9.17, 15) is 0 Å². The summed E-state index contributed by atoms with van der Waals surface area (Å²) in [5.74, 6) is 0. The molecule has 0 aromatic carbocycles. The van der Waals surface area contributed by atoms with E-state index in [2.05, 4.69) is 32.6 Å². The maximum Gasteiger partial charge on any atom is 0.0252 e. The fraction of sp³-hybridized carbons (Fsp3) is 1.00. The van der Waals surface area contributed by atoms with Crippen LogP contribution in [0.5, 0.6) is 0 Å². The molecular formula is C15H30N2. The van der Waals surface area contributed by atoms with Crippen LogP contribution < -0.4 is 5.73 Å². The number of hydrogen-bond donors (Lipinski definition) is 1. The lowest BCUT2D eigenvalue weighted by atomic mass is 9.82. The summed E-state index contributed by atoms with van der Waals surface area (Å²) < 4.78 is 0. The van der Waals surface area contributed by atoms with Gasteiger partial charge in [0.15, 0.2) is 0 Å². The minimum atomic E-state index is 0.342. The third-order valence-corrected chi connectivity index (χ3v) is 5.84. The van der Waals surface area contributed by atoms with Crippen LogP contribution in [0.1, 0.15) is 59.8 Å². The van der Waals surface area contributed by atoms with E-state index in [1.54, 1.807) is 0 Å². The second-order valence-corrected chi connectivity index (χ2v) is 7.05. The fourth-order valence-corrected chi connectivity index (χ4v) is 3.88. The van der Waals surface area contributed by atoms with Gasteiger partial charge in [-0.2, -0.15) is 0 Å². The zero-order chi connectivity index (χ0) is 12.7. The van der Waals surface area contributed by atoms with Gasteiger partial charge in [-0.3, -0.25) is 4.90 Å². The van der Waals surface area contributed by atoms with Crippen molar-refractivity contribution in [3.05, 3.63) is 0 Å². The molecule has 2 heteroatoms. The summed E-state index contributed by atoms with van der Waals surface area (Å²) in [6.07, 6.45) is 6.62. The van der Waals surface area contributed by atoms with Gasteiger partial charge in [0.05, 0.1) is 0 Å². The first-order valence-corrected chi connectivity index (χ1v) is 7.44. The maximum absolute atomic E-state index is 6.47. The lowest BCUT2D eigenvalue weighted by Gasteiger charge is -2.34. The monoisotopic (exact) mass is 238 g/mol. The van der Waals surface area contributed by atoms with E-state index in [0.29, 0.717) is 22.9 Å². The Balaban J connectivity index is 2.02. The van der Waals surface area contributed by atoms with E-state index in [-0.39, 0.29) is 0 Å². The molecule has 2 aliphatic rings. The number of nitrogens with two attached hydrogens (primary N) is 1. The number of hydrogen-bond acceptors (Lipinski definition) is 2. The zero-order valence-electron chi connectivity index (χ0n) is 12.1. The molecule has 1 saturated carbocycles. The normalized spacial score (nSPS) is 36.5. The highest BCUT2D eigenvalue weighted by Crippen LogP contribution is 2.44. The third-order valence-electron chi connectivity index (χ3n) is 5.84. The van der Waals surface area contributed by atoms with Crippen LogP contribution in [-0.4, -0.2) is 30.1 Å². The fourth-order valence-electron chi connectivity index (χ4n) is 3.88. The number of likely N-dealkylation sites (tertiary alicyclic amines) is 1. The Bertz CT molecular complexity index is 268. The first kappa shape index (κ1) is 13.4. The van der Waals surface area contributed by atoms with Gasteiger partial charge in [0.2, 0.25) is 0 Å². The summed E-state index contributed by atoms with van der Waals surface area (Å²) >= 11 is 0. The summed E-state index contributed by atoms with van der Waals surface area (Å²) in [6.45, 7) is 11.9. The molecule has 1 saturated heterocycles. The molecule has 0 bridgehead atoms. The molecule has 1 heterocycles. The molecule has 0 radical (unpaired) electrons. The lowest BCUT2D eigenvalue weighted by Crippen LogP contribution is -2.48. The van der Waals surface area contributed by atoms with Gasteiger partial charge in [0, 0.05) is 18.6 Å². The molecule has 1 aliphatic heterocycles. The van der Waals surface area contributed by atoms with Crippen molar-refractivity contribution in [2.75, 3.05) is 13.1 Å². The van der Waals surface area contributed by atoms with Crippen LogP contribution >= 0.6 is 0 Å². The molecular weight excluding hydrogens is 208 g/mol. The van der Waals surface area contributed by atoms with E-state index < -0.39 is 0 Å². The van der Waals surface area contributed by atoms with Gasteiger partial charge < -0.3 is 5.73 Å². The molecule has 0 spiro atoms. The predicted octanol–water partition coefficient (Wildman–Crippen LogP) is 3.01. The van der Waals surface area contributed by atoms with E-state index in [4.69, 9.17) is 5.73 Å². The lowest BCUT2D eigenvalue weighted by molar-refractivity contribution is 0.167. The molecule has 2 nitrogen and oxygen atoms in total. The molecule has 2 atom stereocenters. The molecule has 0 aromatic rings. The Hall–Kier alpha value is -0.0800. The number of nitrogens with zero attached hydrogens (tertiary/aromatic N) is 1. The molecule has 2 rings (SSSR count). The Morgan fingerprint density at radius 2 is 1.82 bits per heavy atom. The Labute approximate surface area is 107 Å².